The van der Waals surface area contributed by atoms with Crippen molar-refractivity contribution in [3.63, 3.8) is 0 Å². The van der Waals surface area contributed by atoms with Crippen molar-refractivity contribution in [1.29, 1.82) is 0 Å². The van der Waals surface area contributed by atoms with Gasteiger partial charge in [0.2, 0.25) is 0 Å². The number of ether oxygens (including phenoxy) is 1. The number of pyridine rings is 1. The summed E-state index contributed by atoms with van der Waals surface area (Å²) in [4.78, 5) is 16.0. The second kappa shape index (κ2) is 6.45. The van der Waals surface area contributed by atoms with Gasteiger partial charge in [0.1, 0.15) is 5.75 Å². The van der Waals surface area contributed by atoms with Crippen LogP contribution in [0.3, 0.4) is 0 Å². The lowest BCUT2D eigenvalue weighted by molar-refractivity contribution is -0.118. The maximum absolute atomic E-state index is 11.9. The number of benzene rings is 2. The molecule has 22 heavy (non-hydrogen) atoms. The lowest BCUT2D eigenvalue weighted by Crippen LogP contribution is -2.20. The minimum Gasteiger partial charge on any atom is -0.482 e. The molecule has 2 aromatic carbocycles. The first-order valence-corrected chi connectivity index (χ1v) is 7.11. The van der Waals surface area contributed by atoms with Gasteiger partial charge in [-0.2, -0.15) is 0 Å². The van der Waals surface area contributed by atoms with Crippen molar-refractivity contribution in [1.82, 2.24) is 4.98 Å². The zero-order valence-electron chi connectivity index (χ0n) is 11.6. The molecule has 1 heterocycles. The topological polar surface area (TPSA) is 51.2 Å². The van der Waals surface area contributed by atoms with E-state index in [-0.39, 0.29) is 12.5 Å². The lowest BCUT2D eigenvalue weighted by atomic mass is 10.1. The van der Waals surface area contributed by atoms with Gasteiger partial charge in [-0.3, -0.25) is 9.78 Å². The summed E-state index contributed by atoms with van der Waals surface area (Å²) in [7, 11) is 0. The Hall–Kier alpha value is -2.59. The zero-order valence-corrected chi connectivity index (χ0v) is 12.4. The molecule has 0 unspecified atom stereocenters. The van der Waals surface area contributed by atoms with E-state index in [9.17, 15) is 4.79 Å². The molecule has 0 aliphatic carbocycles. The molecule has 3 aromatic rings. The van der Waals surface area contributed by atoms with Gasteiger partial charge in [0.05, 0.1) is 5.02 Å². The molecule has 0 spiro atoms. The van der Waals surface area contributed by atoms with Gasteiger partial charge in [0, 0.05) is 23.5 Å². The summed E-state index contributed by atoms with van der Waals surface area (Å²) < 4.78 is 5.40. The highest BCUT2D eigenvalue weighted by atomic mass is 35.5. The molecule has 1 N–H and O–H groups in total. The molecule has 0 bridgehead atoms. The number of fused-ring (bicyclic) bond motifs is 1. The predicted octanol–water partition coefficient (Wildman–Crippen LogP) is 3.91. The number of nitrogens with one attached hydrogen (secondary N) is 1. The predicted molar refractivity (Wildman–Crippen MR) is 87.3 cm³/mol. The van der Waals surface area contributed by atoms with Gasteiger partial charge in [-0.05, 0) is 35.7 Å². The smallest absolute Gasteiger partial charge is 0.262 e. The Morgan fingerprint density at radius 1 is 1.14 bits per heavy atom. The summed E-state index contributed by atoms with van der Waals surface area (Å²) in [6.45, 7) is -0.0991. The number of hydrogen-bond donors (Lipinski definition) is 1. The van der Waals surface area contributed by atoms with Crippen molar-refractivity contribution >= 4 is 34.0 Å². The Bertz CT molecular complexity index is 820. The molecule has 0 saturated carbocycles. The highest BCUT2D eigenvalue weighted by Gasteiger charge is 2.06. The Morgan fingerprint density at radius 2 is 2.00 bits per heavy atom. The van der Waals surface area contributed by atoms with Crippen molar-refractivity contribution in [3.8, 4) is 5.75 Å². The third-order valence-electron chi connectivity index (χ3n) is 3.12. The number of para-hydroxylation sites is 1. The summed E-state index contributed by atoms with van der Waals surface area (Å²) in [5.74, 6) is 0.247. The van der Waals surface area contributed by atoms with Crippen LogP contribution in [0, 0.1) is 0 Å². The second-order valence-corrected chi connectivity index (χ2v) is 5.11. The molecule has 0 fully saturated rings. The SMILES string of the molecule is O=C(COc1ccccc1Cl)Nc1ccc2cnccc2c1. The van der Waals surface area contributed by atoms with Gasteiger partial charge >= 0.3 is 0 Å². The number of hydrogen-bond acceptors (Lipinski definition) is 3. The highest BCUT2D eigenvalue weighted by molar-refractivity contribution is 6.32. The van der Waals surface area contributed by atoms with E-state index in [1.807, 2.05) is 24.3 Å². The molecule has 1 aromatic heterocycles. The standard InChI is InChI=1S/C17H13ClN2O2/c18-15-3-1-2-4-16(15)22-11-17(21)20-14-6-5-13-10-19-8-7-12(13)9-14/h1-10H,11H2,(H,20,21). The molecule has 0 saturated heterocycles. The first-order chi connectivity index (χ1) is 10.7. The molecule has 0 radical (unpaired) electrons. The Morgan fingerprint density at radius 3 is 2.86 bits per heavy atom. The Labute approximate surface area is 132 Å². The van der Waals surface area contributed by atoms with Crippen LogP contribution in [-0.4, -0.2) is 17.5 Å². The van der Waals surface area contributed by atoms with Crippen molar-refractivity contribution in [2.75, 3.05) is 11.9 Å². The molecule has 0 atom stereocenters. The van der Waals surface area contributed by atoms with Crippen LogP contribution in [0.15, 0.2) is 60.9 Å². The number of aromatic nitrogens is 1. The number of nitrogens with zero attached hydrogens (tertiary/aromatic N) is 1. The van der Waals surface area contributed by atoms with Gasteiger partial charge in [-0.25, -0.2) is 0 Å². The van der Waals surface area contributed by atoms with Crippen LogP contribution in [-0.2, 0) is 4.79 Å². The quantitative estimate of drug-likeness (QED) is 0.794. The van der Waals surface area contributed by atoms with E-state index in [4.69, 9.17) is 16.3 Å². The molecule has 1 amide bonds. The van der Waals surface area contributed by atoms with Crippen molar-refractivity contribution < 1.29 is 9.53 Å². The normalized spacial score (nSPS) is 10.4. The minimum atomic E-state index is -0.242. The van der Waals surface area contributed by atoms with Crippen LogP contribution in [0.2, 0.25) is 5.02 Å². The molecule has 5 heteroatoms. The number of amides is 1. The van der Waals surface area contributed by atoms with Crippen LogP contribution in [0.5, 0.6) is 5.75 Å². The number of halogens is 1. The summed E-state index contributed by atoms with van der Waals surface area (Å²) in [6, 6.07) is 14.6. The largest absolute Gasteiger partial charge is 0.482 e. The summed E-state index contributed by atoms with van der Waals surface area (Å²) >= 11 is 5.97. The average molecular weight is 313 g/mol. The van der Waals surface area contributed by atoms with Crippen LogP contribution >= 0.6 is 11.6 Å². The first-order valence-electron chi connectivity index (χ1n) is 6.73. The molecule has 0 aliphatic heterocycles. The Kier molecular flexibility index (Phi) is 4.21. The fourth-order valence-corrected chi connectivity index (χ4v) is 2.25. The van der Waals surface area contributed by atoms with Crippen molar-refractivity contribution in [3.05, 3.63) is 65.9 Å². The zero-order chi connectivity index (χ0) is 15.4. The molecule has 3 rings (SSSR count). The van der Waals surface area contributed by atoms with Gasteiger partial charge < -0.3 is 10.1 Å². The summed E-state index contributed by atoms with van der Waals surface area (Å²) in [5.41, 5.74) is 0.714. The molecule has 110 valence electrons. The van der Waals surface area contributed by atoms with Crippen LogP contribution in [0.4, 0.5) is 5.69 Å². The molecule has 4 nitrogen and oxygen atoms in total. The monoisotopic (exact) mass is 312 g/mol. The third-order valence-corrected chi connectivity index (χ3v) is 3.43. The van der Waals surface area contributed by atoms with Gasteiger partial charge in [-0.1, -0.05) is 29.8 Å². The maximum atomic E-state index is 11.9. The average Bonchev–Trinajstić information content (AvgIpc) is 2.54. The van der Waals surface area contributed by atoms with Crippen molar-refractivity contribution in [2.24, 2.45) is 0 Å². The fraction of sp³-hybridized carbons (Fsp3) is 0.0588. The van der Waals surface area contributed by atoms with E-state index >= 15 is 0 Å². The molecule has 0 aliphatic rings. The van der Waals surface area contributed by atoms with Crippen LogP contribution < -0.4 is 10.1 Å². The number of rotatable bonds is 4. The van der Waals surface area contributed by atoms with E-state index in [0.29, 0.717) is 16.5 Å². The van der Waals surface area contributed by atoms with Crippen molar-refractivity contribution in [2.45, 2.75) is 0 Å². The van der Waals surface area contributed by atoms with E-state index in [0.717, 1.165) is 10.8 Å². The third kappa shape index (κ3) is 3.35. The number of carbonyl (C=O) groups excluding carboxylic acids is 1. The van der Waals surface area contributed by atoms with E-state index in [2.05, 4.69) is 10.3 Å². The second-order valence-electron chi connectivity index (χ2n) is 4.70. The molecular formula is C17H13ClN2O2. The number of carbonyl (C=O) groups is 1. The van der Waals surface area contributed by atoms with Crippen LogP contribution in [0.25, 0.3) is 10.8 Å². The van der Waals surface area contributed by atoms with E-state index in [1.54, 1.807) is 36.7 Å². The maximum Gasteiger partial charge on any atom is 0.262 e. The summed E-state index contributed by atoms with van der Waals surface area (Å²) in [6.07, 6.45) is 3.50. The highest BCUT2D eigenvalue weighted by Crippen LogP contribution is 2.23. The molecular weight excluding hydrogens is 300 g/mol. The van der Waals surface area contributed by atoms with Gasteiger partial charge in [0.15, 0.2) is 6.61 Å². The van der Waals surface area contributed by atoms with Gasteiger partial charge in [0.25, 0.3) is 5.91 Å². The Balaban J connectivity index is 1.64. The van der Waals surface area contributed by atoms with E-state index < -0.39 is 0 Å². The van der Waals surface area contributed by atoms with Crippen LogP contribution in [0.1, 0.15) is 0 Å². The minimum absolute atomic E-state index is 0.0991. The van der Waals surface area contributed by atoms with E-state index in [1.165, 1.54) is 0 Å². The van der Waals surface area contributed by atoms with Gasteiger partial charge in [-0.15, -0.1) is 0 Å². The number of anilines is 1. The summed E-state index contributed by atoms with van der Waals surface area (Å²) in [5, 5.41) is 5.31. The lowest BCUT2D eigenvalue weighted by Gasteiger charge is -2.09. The first kappa shape index (κ1) is 14.4. The fourth-order valence-electron chi connectivity index (χ4n) is 2.06.